The molecule has 1 aliphatic rings. The lowest BCUT2D eigenvalue weighted by Gasteiger charge is -2.16. The average Bonchev–Trinajstić information content (AvgIpc) is 3.13. The number of fused-ring (bicyclic) bond motifs is 1. The number of rotatable bonds is 5. The van der Waals surface area contributed by atoms with Crippen LogP contribution in [0, 0.1) is 0 Å². The summed E-state index contributed by atoms with van der Waals surface area (Å²) in [6.07, 6.45) is 1.42. The van der Waals surface area contributed by atoms with Gasteiger partial charge in [0.2, 0.25) is 0 Å². The molecule has 1 aromatic heterocycles. The lowest BCUT2D eigenvalue weighted by Crippen LogP contribution is -2.34. The molecular weight excluding hydrogens is 372 g/mol. The van der Waals surface area contributed by atoms with Gasteiger partial charge in [0, 0.05) is 0 Å². The van der Waals surface area contributed by atoms with Gasteiger partial charge in [-0.2, -0.15) is 0 Å². The second-order valence-corrected chi connectivity index (χ2v) is 6.86. The minimum atomic E-state index is -0.790. The Morgan fingerprint density at radius 3 is 2.69 bits per heavy atom. The number of hydrogen-bond acceptors (Lipinski definition) is 5. The highest BCUT2D eigenvalue weighted by Gasteiger charge is 2.28. The summed E-state index contributed by atoms with van der Waals surface area (Å²) < 4.78 is 6.00. The topological polar surface area (TPSA) is 130 Å². The van der Waals surface area contributed by atoms with Crippen LogP contribution in [0.5, 0.6) is 5.75 Å². The van der Waals surface area contributed by atoms with Crippen LogP contribution in [0.4, 0.5) is 5.69 Å². The molecule has 8 heteroatoms. The van der Waals surface area contributed by atoms with Crippen LogP contribution in [-0.2, 0) is 13.0 Å². The van der Waals surface area contributed by atoms with Crippen LogP contribution in [0.15, 0.2) is 58.1 Å². The maximum absolute atomic E-state index is 12.6. The highest BCUT2D eigenvalue weighted by molar-refractivity contribution is 5.97. The van der Waals surface area contributed by atoms with E-state index in [0.29, 0.717) is 13.0 Å². The molecule has 29 heavy (non-hydrogen) atoms. The fraction of sp³-hybridized carbons (Fsp3) is 0.190. The Labute approximate surface area is 165 Å². The smallest absolute Gasteiger partial charge is 0.326 e. The number of aromatic nitrogens is 2. The van der Waals surface area contributed by atoms with E-state index in [1.807, 2.05) is 53.5 Å². The van der Waals surface area contributed by atoms with Crippen molar-refractivity contribution in [3.8, 4) is 5.75 Å². The summed E-state index contributed by atoms with van der Waals surface area (Å²) in [7, 11) is 0. The zero-order valence-corrected chi connectivity index (χ0v) is 15.5. The largest absolute Gasteiger partial charge is 0.489 e. The number of benzene rings is 2. The molecule has 4 rings (SSSR count). The number of aromatic amines is 2. The summed E-state index contributed by atoms with van der Waals surface area (Å²) in [4.78, 5) is 40.0. The molecule has 0 spiro atoms. The van der Waals surface area contributed by atoms with Crippen molar-refractivity contribution >= 4 is 11.6 Å². The van der Waals surface area contributed by atoms with Gasteiger partial charge in [-0.3, -0.25) is 14.6 Å². The van der Waals surface area contributed by atoms with E-state index in [0.717, 1.165) is 28.9 Å². The molecule has 148 valence electrons. The average molecular weight is 392 g/mol. The number of nitrogens with one attached hydrogen (secondary N) is 3. The molecular formula is C21H20N4O4. The van der Waals surface area contributed by atoms with Gasteiger partial charge in [0.1, 0.15) is 23.7 Å². The molecule has 0 unspecified atom stereocenters. The van der Waals surface area contributed by atoms with E-state index in [-0.39, 0.29) is 17.4 Å². The maximum atomic E-state index is 12.6. The number of hydrogen-bond donors (Lipinski definition) is 4. The summed E-state index contributed by atoms with van der Waals surface area (Å²) in [6, 6.07) is 15.3. The van der Waals surface area contributed by atoms with Crippen LogP contribution in [0.25, 0.3) is 0 Å². The second-order valence-electron chi connectivity index (χ2n) is 6.86. The molecule has 1 aliphatic carbocycles. The molecule has 0 aliphatic heterocycles. The first-order valence-electron chi connectivity index (χ1n) is 9.24. The van der Waals surface area contributed by atoms with Crippen molar-refractivity contribution in [1.29, 1.82) is 0 Å². The summed E-state index contributed by atoms with van der Waals surface area (Å²) in [5.41, 5.74) is 6.59. The summed E-state index contributed by atoms with van der Waals surface area (Å²) in [5.74, 6) is 0.186. The van der Waals surface area contributed by atoms with Crippen molar-refractivity contribution in [2.24, 2.45) is 0 Å². The third-order valence-corrected chi connectivity index (χ3v) is 4.98. The van der Waals surface area contributed by atoms with Crippen molar-refractivity contribution in [1.82, 2.24) is 15.3 Å². The van der Waals surface area contributed by atoms with Gasteiger partial charge in [-0.15, -0.1) is 0 Å². The first-order valence-corrected chi connectivity index (χ1v) is 9.24. The molecule has 0 radical (unpaired) electrons. The Morgan fingerprint density at radius 2 is 1.90 bits per heavy atom. The molecule has 8 nitrogen and oxygen atoms in total. The standard InChI is InChI=1S/C21H20N4O4/c22-17-18(24-21(28)25-19(17)26)20(27)23-15-10-9-14-13(15)7-4-8-16(14)29-11-12-5-2-1-3-6-12/h1-8,15H,9-11,22H2,(H,23,27)(H2,24,25,26,28)/t15-/m1/s1. The van der Waals surface area contributed by atoms with E-state index >= 15 is 0 Å². The Morgan fingerprint density at radius 1 is 1.10 bits per heavy atom. The van der Waals surface area contributed by atoms with Crippen LogP contribution in [0.3, 0.4) is 0 Å². The predicted octanol–water partition coefficient (Wildman–Crippen LogP) is 1.64. The first-order chi connectivity index (χ1) is 14.0. The number of ether oxygens (including phenoxy) is 1. The lowest BCUT2D eigenvalue weighted by atomic mass is 10.1. The fourth-order valence-corrected chi connectivity index (χ4v) is 3.55. The number of carbonyl (C=O) groups excluding carboxylic acids is 1. The number of carbonyl (C=O) groups is 1. The molecule has 3 aromatic rings. The highest BCUT2D eigenvalue weighted by atomic mass is 16.5. The molecule has 1 atom stereocenters. The van der Waals surface area contributed by atoms with Gasteiger partial charge in [0.05, 0.1) is 6.04 Å². The SMILES string of the molecule is Nc1c(C(=O)N[C@@H]2CCc3c(OCc4ccccc4)cccc32)[nH]c(=O)[nH]c1=O. The Kier molecular flexibility index (Phi) is 4.90. The molecule has 1 amide bonds. The highest BCUT2D eigenvalue weighted by Crippen LogP contribution is 2.37. The summed E-state index contributed by atoms with van der Waals surface area (Å²) in [5, 5.41) is 2.85. The lowest BCUT2D eigenvalue weighted by molar-refractivity contribution is 0.0932. The van der Waals surface area contributed by atoms with Gasteiger partial charge in [-0.05, 0) is 35.6 Å². The van der Waals surface area contributed by atoms with E-state index in [2.05, 4.69) is 10.3 Å². The zero-order chi connectivity index (χ0) is 20.4. The second kappa shape index (κ2) is 7.67. The van der Waals surface area contributed by atoms with Gasteiger partial charge >= 0.3 is 5.69 Å². The van der Waals surface area contributed by atoms with Gasteiger partial charge in [-0.1, -0.05) is 42.5 Å². The molecule has 2 aromatic carbocycles. The van der Waals surface area contributed by atoms with Crippen LogP contribution < -0.4 is 27.0 Å². The van der Waals surface area contributed by atoms with Gasteiger partial charge in [0.25, 0.3) is 11.5 Å². The fourth-order valence-electron chi connectivity index (χ4n) is 3.55. The summed E-state index contributed by atoms with van der Waals surface area (Å²) >= 11 is 0. The van der Waals surface area contributed by atoms with Crippen LogP contribution in [-0.4, -0.2) is 15.9 Å². The Bertz CT molecular complexity index is 1170. The van der Waals surface area contributed by atoms with E-state index in [9.17, 15) is 14.4 Å². The predicted molar refractivity (Wildman–Crippen MR) is 108 cm³/mol. The van der Waals surface area contributed by atoms with E-state index in [1.165, 1.54) is 0 Å². The minimum Gasteiger partial charge on any atom is -0.489 e. The molecule has 0 bridgehead atoms. The van der Waals surface area contributed by atoms with E-state index < -0.39 is 17.2 Å². The van der Waals surface area contributed by atoms with Crippen LogP contribution in [0.2, 0.25) is 0 Å². The molecule has 5 N–H and O–H groups in total. The third-order valence-electron chi connectivity index (χ3n) is 4.98. The number of nitrogen functional groups attached to an aromatic ring is 1. The zero-order valence-electron chi connectivity index (χ0n) is 15.5. The van der Waals surface area contributed by atoms with Gasteiger partial charge in [0.15, 0.2) is 0 Å². The minimum absolute atomic E-state index is 0.233. The number of H-pyrrole nitrogens is 2. The third kappa shape index (κ3) is 3.77. The normalized spacial score (nSPS) is 15.0. The van der Waals surface area contributed by atoms with Crippen LogP contribution in [0.1, 0.15) is 39.6 Å². The Hall–Kier alpha value is -3.81. The Balaban J connectivity index is 1.53. The first kappa shape index (κ1) is 18.5. The monoisotopic (exact) mass is 392 g/mol. The number of amides is 1. The summed E-state index contributed by atoms with van der Waals surface area (Å²) in [6.45, 7) is 0.457. The van der Waals surface area contributed by atoms with Crippen molar-refractivity contribution in [2.45, 2.75) is 25.5 Å². The van der Waals surface area contributed by atoms with Crippen LogP contribution >= 0.6 is 0 Å². The van der Waals surface area contributed by atoms with Gasteiger partial charge < -0.3 is 20.8 Å². The van der Waals surface area contributed by atoms with E-state index in [1.54, 1.807) is 0 Å². The van der Waals surface area contributed by atoms with Crippen molar-refractivity contribution in [2.75, 3.05) is 5.73 Å². The van der Waals surface area contributed by atoms with Crippen molar-refractivity contribution in [3.63, 3.8) is 0 Å². The van der Waals surface area contributed by atoms with Gasteiger partial charge in [-0.25, -0.2) is 4.79 Å². The van der Waals surface area contributed by atoms with Crippen molar-refractivity contribution < 1.29 is 9.53 Å². The molecule has 0 saturated heterocycles. The number of nitrogens with two attached hydrogens (primary N) is 1. The maximum Gasteiger partial charge on any atom is 0.326 e. The quantitative estimate of drug-likeness (QED) is 0.524. The molecule has 0 fully saturated rings. The number of anilines is 1. The molecule has 0 saturated carbocycles. The van der Waals surface area contributed by atoms with Crippen molar-refractivity contribution in [3.05, 3.63) is 91.8 Å². The van der Waals surface area contributed by atoms with E-state index in [4.69, 9.17) is 10.5 Å². The molecule has 1 heterocycles.